The molecule has 0 radical (unpaired) electrons. The lowest BCUT2D eigenvalue weighted by Crippen LogP contribution is -1.91. The molecule has 2 rings (SSSR count). The number of rotatable bonds is 4. The lowest BCUT2D eigenvalue weighted by Gasteiger charge is -2.11. The smallest absolute Gasteiger partial charge is 0.169 e. The topological polar surface area (TPSA) is 38.7 Å². The predicted molar refractivity (Wildman–Crippen MR) is 70.4 cm³/mol. The largest absolute Gasteiger partial charge is 0.493 e. The standard InChI is InChI=1S/C14H13ClO3/c1-17-13-4-2-3-5-14(13)18-12-7-6-10(9-16)8-11(12)15/h2-8,16H,9H2,1H3. The second kappa shape index (κ2) is 5.76. The van der Waals surface area contributed by atoms with E-state index in [4.69, 9.17) is 26.2 Å². The molecule has 0 aliphatic rings. The van der Waals surface area contributed by atoms with Crippen LogP contribution in [-0.2, 0) is 6.61 Å². The molecule has 0 aromatic heterocycles. The van der Waals surface area contributed by atoms with Gasteiger partial charge < -0.3 is 14.6 Å². The van der Waals surface area contributed by atoms with Crippen molar-refractivity contribution in [3.8, 4) is 17.2 Å². The van der Waals surface area contributed by atoms with E-state index in [2.05, 4.69) is 0 Å². The van der Waals surface area contributed by atoms with Gasteiger partial charge in [-0.05, 0) is 29.8 Å². The first-order valence-electron chi connectivity index (χ1n) is 5.44. The first-order chi connectivity index (χ1) is 8.74. The molecule has 4 heteroatoms. The maximum atomic E-state index is 9.01. The van der Waals surface area contributed by atoms with E-state index in [1.165, 1.54) is 0 Å². The van der Waals surface area contributed by atoms with Gasteiger partial charge in [0.05, 0.1) is 18.7 Å². The summed E-state index contributed by atoms with van der Waals surface area (Å²) in [6.07, 6.45) is 0. The molecule has 0 aliphatic heterocycles. The van der Waals surface area contributed by atoms with Crippen LogP contribution in [0.2, 0.25) is 5.02 Å². The van der Waals surface area contributed by atoms with Gasteiger partial charge in [0.15, 0.2) is 11.5 Å². The van der Waals surface area contributed by atoms with Gasteiger partial charge in [0.1, 0.15) is 5.75 Å². The third kappa shape index (κ3) is 2.75. The minimum Gasteiger partial charge on any atom is -0.493 e. The Morgan fingerprint density at radius 2 is 1.78 bits per heavy atom. The van der Waals surface area contributed by atoms with Crippen molar-refractivity contribution in [2.75, 3.05) is 7.11 Å². The van der Waals surface area contributed by atoms with Crippen LogP contribution in [0, 0.1) is 0 Å². The fourth-order valence-corrected chi connectivity index (χ4v) is 1.79. The molecule has 18 heavy (non-hydrogen) atoms. The fourth-order valence-electron chi connectivity index (χ4n) is 1.55. The van der Waals surface area contributed by atoms with E-state index in [-0.39, 0.29) is 6.61 Å². The highest BCUT2D eigenvalue weighted by atomic mass is 35.5. The molecule has 3 nitrogen and oxygen atoms in total. The lowest BCUT2D eigenvalue weighted by atomic mass is 10.2. The molecule has 94 valence electrons. The van der Waals surface area contributed by atoms with Crippen molar-refractivity contribution in [1.29, 1.82) is 0 Å². The fraction of sp³-hybridized carbons (Fsp3) is 0.143. The van der Waals surface area contributed by atoms with E-state index in [0.717, 1.165) is 5.56 Å². The van der Waals surface area contributed by atoms with E-state index in [9.17, 15) is 0 Å². The highest BCUT2D eigenvalue weighted by Crippen LogP contribution is 2.35. The number of aliphatic hydroxyl groups is 1. The van der Waals surface area contributed by atoms with Gasteiger partial charge in [-0.1, -0.05) is 29.8 Å². The molecule has 0 saturated carbocycles. The van der Waals surface area contributed by atoms with Crippen LogP contribution < -0.4 is 9.47 Å². The maximum absolute atomic E-state index is 9.01. The van der Waals surface area contributed by atoms with Gasteiger partial charge in [-0.15, -0.1) is 0 Å². The van der Waals surface area contributed by atoms with Gasteiger partial charge in [-0.2, -0.15) is 0 Å². The SMILES string of the molecule is COc1ccccc1Oc1ccc(CO)cc1Cl. The molecule has 0 heterocycles. The first kappa shape index (κ1) is 12.7. The molecule has 0 bridgehead atoms. The second-order valence-corrected chi connectivity index (χ2v) is 4.08. The Balaban J connectivity index is 2.28. The van der Waals surface area contributed by atoms with E-state index >= 15 is 0 Å². The molecule has 0 aliphatic carbocycles. The Labute approximate surface area is 111 Å². The van der Waals surface area contributed by atoms with Crippen molar-refractivity contribution in [2.45, 2.75) is 6.61 Å². The Morgan fingerprint density at radius 3 is 2.39 bits per heavy atom. The highest BCUT2D eigenvalue weighted by molar-refractivity contribution is 6.32. The van der Waals surface area contributed by atoms with Crippen molar-refractivity contribution in [3.63, 3.8) is 0 Å². The summed E-state index contributed by atoms with van der Waals surface area (Å²) in [4.78, 5) is 0. The summed E-state index contributed by atoms with van der Waals surface area (Å²) in [6.45, 7) is -0.0470. The molecule has 0 unspecified atom stereocenters. The lowest BCUT2D eigenvalue weighted by molar-refractivity contribution is 0.281. The van der Waals surface area contributed by atoms with Crippen molar-refractivity contribution < 1.29 is 14.6 Å². The van der Waals surface area contributed by atoms with E-state index in [1.807, 2.05) is 18.2 Å². The number of benzene rings is 2. The van der Waals surface area contributed by atoms with Crippen LogP contribution in [0.4, 0.5) is 0 Å². The summed E-state index contributed by atoms with van der Waals surface area (Å²) >= 11 is 6.08. The summed E-state index contributed by atoms with van der Waals surface area (Å²) in [7, 11) is 1.58. The van der Waals surface area contributed by atoms with Crippen molar-refractivity contribution in [1.82, 2.24) is 0 Å². The predicted octanol–water partition coefficient (Wildman–Crippen LogP) is 3.63. The quantitative estimate of drug-likeness (QED) is 0.916. The summed E-state index contributed by atoms with van der Waals surface area (Å²) in [5.41, 5.74) is 0.743. The molecule has 0 spiro atoms. The Bertz CT molecular complexity index is 540. The Morgan fingerprint density at radius 1 is 1.06 bits per heavy atom. The molecule has 0 fully saturated rings. The molecular formula is C14H13ClO3. The van der Waals surface area contributed by atoms with E-state index in [0.29, 0.717) is 22.3 Å². The number of para-hydroxylation sites is 2. The van der Waals surface area contributed by atoms with Crippen LogP contribution in [0.25, 0.3) is 0 Å². The minimum absolute atomic E-state index is 0.0470. The second-order valence-electron chi connectivity index (χ2n) is 3.68. The highest BCUT2D eigenvalue weighted by Gasteiger charge is 2.08. The maximum Gasteiger partial charge on any atom is 0.169 e. The van der Waals surface area contributed by atoms with Crippen molar-refractivity contribution in [3.05, 3.63) is 53.1 Å². The zero-order valence-electron chi connectivity index (χ0n) is 9.89. The van der Waals surface area contributed by atoms with Crippen molar-refractivity contribution >= 4 is 11.6 Å². The van der Waals surface area contributed by atoms with Crippen LogP contribution >= 0.6 is 11.6 Å². The van der Waals surface area contributed by atoms with Gasteiger partial charge >= 0.3 is 0 Å². The Hall–Kier alpha value is -1.71. The van der Waals surface area contributed by atoms with Gasteiger partial charge in [-0.3, -0.25) is 0 Å². The molecule has 2 aromatic carbocycles. The number of hydrogen-bond donors (Lipinski definition) is 1. The van der Waals surface area contributed by atoms with Crippen LogP contribution in [0.15, 0.2) is 42.5 Å². The van der Waals surface area contributed by atoms with Gasteiger partial charge in [0.2, 0.25) is 0 Å². The number of methoxy groups -OCH3 is 1. The summed E-state index contributed by atoms with van der Waals surface area (Å²) in [5.74, 6) is 1.76. The first-order valence-corrected chi connectivity index (χ1v) is 5.82. The molecule has 0 atom stereocenters. The van der Waals surface area contributed by atoms with E-state index < -0.39 is 0 Å². The third-order valence-corrected chi connectivity index (χ3v) is 2.76. The number of hydrogen-bond acceptors (Lipinski definition) is 3. The van der Waals surface area contributed by atoms with Crippen LogP contribution in [0.5, 0.6) is 17.2 Å². The molecule has 0 amide bonds. The molecule has 2 aromatic rings. The molecular weight excluding hydrogens is 252 g/mol. The normalized spacial score (nSPS) is 10.2. The van der Waals surface area contributed by atoms with E-state index in [1.54, 1.807) is 31.4 Å². The number of halogens is 1. The monoisotopic (exact) mass is 264 g/mol. The van der Waals surface area contributed by atoms with Crippen LogP contribution in [-0.4, -0.2) is 12.2 Å². The number of ether oxygens (including phenoxy) is 2. The van der Waals surface area contributed by atoms with Crippen LogP contribution in [0.1, 0.15) is 5.56 Å². The summed E-state index contributed by atoms with van der Waals surface area (Å²) in [5, 5.41) is 9.46. The van der Waals surface area contributed by atoms with Gasteiger partial charge in [0, 0.05) is 0 Å². The Kier molecular flexibility index (Phi) is 4.07. The molecule has 0 saturated heterocycles. The van der Waals surface area contributed by atoms with Gasteiger partial charge in [0.25, 0.3) is 0 Å². The molecule has 1 N–H and O–H groups in total. The zero-order chi connectivity index (χ0) is 13.0. The van der Waals surface area contributed by atoms with Crippen molar-refractivity contribution in [2.24, 2.45) is 0 Å². The third-order valence-electron chi connectivity index (χ3n) is 2.47. The number of aliphatic hydroxyl groups excluding tert-OH is 1. The summed E-state index contributed by atoms with van der Waals surface area (Å²) < 4.78 is 10.9. The summed E-state index contributed by atoms with van der Waals surface area (Å²) in [6, 6.07) is 12.5. The minimum atomic E-state index is -0.0470. The average molecular weight is 265 g/mol. The van der Waals surface area contributed by atoms with Gasteiger partial charge in [-0.25, -0.2) is 0 Å². The average Bonchev–Trinajstić information content (AvgIpc) is 2.41. The van der Waals surface area contributed by atoms with Crippen LogP contribution in [0.3, 0.4) is 0 Å². The zero-order valence-corrected chi connectivity index (χ0v) is 10.6.